The first kappa shape index (κ1) is 22.8. The number of aliphatic hydroxyl groups excluding tert-OH is 1. The Kier molecular flexibility index (Phi) is 7.90. The van der Waals surface area contributed by atoms with Crippen molar-refractivity contribution >= 4 is 17.8 Å². The van der Waals surface area contributed by atoms with Gasteiger partial charge >= 0.3 is 5.97 Å². The van der Waals surface area contributed by atoms with Gasteiger partial charge in [-0.3, -0.25) is 9.59 Å². The summed E-state index contributed by atoms with van der Waals surface area (Å²) in [6.07, 6.45) is 1.71. The summed E-state index contributed by atoms with van der Waals surface area (Å²) in [5.41, 5.74) is 6.74. The Morgan fingerprint density at radius 2 is 1.73 bits per heavy atom. The molecular weight excluding hydrogens is 394 g/mol. The quantitative estimate of drug-likeness (QED) is 0.246. The maximum atomic E-state index is 12.8. The normalized spacial score (nSPS) is 14.9. The average Bonchev–Trinajstić information content (AvgIpc) is 3.20. The number of aromatic hydroxyl groups is 1. The third-order valence-electron chi connectivity index (χ3n) is 4.43. The van der Waals surface area contributed by atoms with Crippen LogP contribution in [0.4, 0.5) is 0 Å². The van der Waals surface area contributed by atoms with Gasteiger partial charge in [-0.1, -0.05) is 12.1 Å². The molecule has 4 atom stereocenters. The lowest BCUT2D eigenvalue weighted by atomic mass is 10.0. The van der Waals surface area contributed by atoms with Crippen LogP contribution < -0.4 is 16.4 Å². The number of aliphatic hydroxyl groups is 1. The van der Waals surface area contributed by atoms with Crippen LogP contribution in [-0.2, 0) is 27.2 Å². The van der Waals surface area contributed by atoms with Gasteiger partial charge in [-0.2, -0.15) is 0 Å². The molecule has 1 aromatic heterocycles. The van der Waals surface area contributed by atoms with Gasteiger partial charge in [0.25, 0.3) is 0 Å². The molecule has 0 radical (unpaired) electrons. The Labute approximate surface area is 172 Å². The number of benzene rings is 1. The Morgan fingerprint density at radius 1 is 1.10 bits per heavy atom. The van der Waals surface area contributed by atoms with E-state index in [0.29, 0.717) is 11.3 Å². The Hall–Kier alpha value is -3.44. The molecule has 0 saturated heterocycles. The van der Waals surface area contributed by atoms with Crippen LogP contribution >= 0.6 is 0 Å². The number of carboxylic acids is 1. The number of nitrogens with zero attached hydrogens (tertiary/aromatic N) is 1. The summed E-state index contributed by atoms with van der Waals surface area (Å²) in [4.78, 5) is 43.3. The number of nitrogens with one attached hydrogen (secondary N) is 3. The second-order valence-corrected chi connectivity index (χ2v) is 6.88. The summed E-state index contributed by atoms with van der Waals surface area (Å²) in [5.74, 6) is -2.72. The molecule has 0 aliphatic heterocycles. The number of aromatic amines is 1. The van der Waals surface area contributed by atoms with E-state index < -0.39 is 42.0 Å². The largest absolute Gasteiger partial charge is 0.508 e. The molecule has 0 fully saturated rings. The van der Waals surface area contributed by atoms with Crippen molar-refractivity contribution in [1.82, 2.24) is 20.6 Å². The van der Waals surface area contributed by atoms with Crippen molar-refractivity contribution in [3.8, 4) is 5.75 Å². The maximum absolute atomic E-state index is 12.8. The number of imidazole rings is 1. The minimum atomic E-state index is -1.27. The molecule has 2 aromatic rings. The van der Waals surface area contributed by atoms with Crippen LogP contribution in [0.2, 0.25) is 0 Å². The molecule has 0 aliphatic carbocycles. The first-order valence-electron chi connectivity index (χ1n) is 9.19. The minimum absolute atomic E-state index is 0.00957. The van der Waals surface area contributed by atoms with Gasteiger partial charge in [0.1, 0.15) is 23.9 Å². The fraction of sp³-hybridized carbons (Fsp3) is 0.368. The van der Waals surface area contributed by atoms with Gasteiger partial charge < -0.3 is 36.7 Å². The summed E-state index contributed by atoms with van der Waals surface area (Å²) in [6, 6.07) is 2.24. The zero-order chi connectivity index (χ0) is 22.3. The summed E-state index contributed by atoms with van der Waals surface area (Å²) in [6.45, 7) is 1.34. The standard InChI is InChI=1S/C19H25N5O6/c1-10(25)16(20)18(28)23-14(7-12-8-21-9-22-12)17(27)24-15(19(29)30)6-11-2-4-13(26)5-3-11/h2-5,8-10,14-16,25-26H,6-7,20H2,1H3,(H,21,22)(H,23,28)(H,24,27)(H,29,30). The van der Waals surface area contributed by atoms with Gasteiger partial charge in [-0.25, -0.2) is 9.78 Å². The van der Waals surface area contributed by atoms with Crippen molar-refractivity contribution < 1.29 is 29.7 Å². The predicted molar refractivity (Wildman–Crippen MR) is 105 cm³/mol. The second-order valence-electron chi connectivity index (χ2n) is 6.88. The molecule has 2 amide bonds. The number of rotatable bonds is 10. The summed E-state index contributed by atoms with van der Waals surface area (Å²) >= 11 is 0. The van der Waals surface area contributed by atoms with Crippen molar-refractivity contribution in [2.24, 2.45) is 5.73 Å². The zero-order valence-electron chi connectivity index (χ0n) is 16.3. The highest BCUT2D eigenvalue weighted by Crippen LogP contribution is 2.12. The van der Waals surface area contributed by atoms with E-state index in [1.54, 1.807) is 12.1 Å². The van der Waals surface area contributed by atoms with Gasteiger partial charge in [0.2, 0.25) is 11.8 Å². The molecule has 8 N–H and O–H groups in total. The van der Waals surface area contributed by atoms with Gasteiger partial charge in [-0.05, 0) is 24.6 Å². The van der Waals surface area contributed by atoms with E-state index in [1.807, 2.05) is 0 Å². The number of aliphatic carboxylic acids is 1. The molecule has 11 heteroatoms. The third kappa shape index (κ3) is 6.57. The van der Waals surface area contributed by atoms with E-state index in [-0.39, 0.29) is 18.6 Å². The number of H-pyrrole nitrogens is 1. The number of phenolic OH excluding ortho intramolecular Hbond substituents is 1. The molecule has 162 valence electrons. The first-order valence-corrected chi connectivity index (χ1v) is 9.19. The Balaban J connectivity index is 2.14. The van der Waals surface area contributed by atoms with Crippen LogP contribution in [0.15, 0.2) is 36.8 Å². The number of hydrogen-bond donors (Lipinski definition) is 7. The SMILES string of the molecule is CC(O)C(N)C(=O)NC(Cc1cnc[nH]1)C(=O)NC(Cc1ccc(O)cc1)C(=O)O. The number of aromatic nitrogens is 2. The van der Waals surface area contributed by atoms with Gasteiger partial charge in [-0.15, -0.1) is 0 Å². The van der Waals surface area contributed by atoms with Crippen LogP contribution in [0.25, 0.3) is 0 Å². The first-order chi connectivity index (χ1) is 14.2. The van der Waals surface area contributed by atoms with Crippen molar-refractivity contribution in [2.75, 3.05) is 0 Å². The van der Waals surface area contributed by atoms with Crippen LogP contribution in [-0.4, -0.2) is 67.3 Å². The maximum Gasteiger partial charge on any atom is 0.326 e. The smallest absolute Gasteiger partial charge is 0.326 e. The molecule has 1 heterocycles. The van der Waals surface area contributed by atoms with Gasteiger partial charge in [0.05, 0.1) is 12.4 Å². The van der Waals surface area contributed by atoms with E-state index in [1.165, 1.54) is 31.6 Å². The lowest BCUT2D eigenvalue weighted by Gasteiger charge is -2.23. The second kappa shape index (κ2) is 10.4. The number of phenols is 1. The average molecular weight is 419 g/mol. The van der Waals surface area contributed by atoms with Gasteiger partial charge in [0.15, 0.2) is 0 Å². The molecular formula is C19H25N5O6. The minimum Gasteiger partial charge on any atom is -0.508 e. The molecule has 0 spiro atoms. The van der Waals surface area contributed by atoms with Crippen molar-refractivity contribution in [1.29, 1.82) is 0 Å². The Bertz CT molecular complexity index is 853. The number of carbonyl (C=O) groups is 3. The molecule has 2 rings (SSSR count). The summed E-state index contributed by atoms with van der Waals surface area (Å²) in [5, 5.41) is 33.2. The summed E-state index contributed by atoms with van der Waals surface area (Å²) in [7, 11) is 0. The zero-order valence-corrected chi connectivity index (χ0v) is 16.3. The molecule has 1 aromatic carbocycles. The van der Waals surface area contributed by atoms with Crippen LogP contribution in [0, 0.1) is 0 Å². The van der Waals surface area contributed by atoms with E-state index in [9.17, 15) is 29.7 Å². The molecule has 0 saturated carbocycles. The van der Waals surface area contributed by atoms with Crippen LogP contribution in [0.5, 0.6) is 5.75 Å². The van der Waals surface area contributed by atoms with E-state index >= 15 is 0 Å². The van der Waals surface area contributed by atoms with Crippen molar-refractivity contribution in [2.45, 2.75) is 44.0 Å². The monoisotopic (exact) mass is 419 g/mol. The van der Waals surface area contributed by atoms with Crippen molar-refractivity contribution in [3.63, 3.8) is 0 Å². The van der Waals surface area contributed by atoms with Gasteiger partial charge in [0, 0.05) is 24.7 Å². The lowest BCUT2D eigenvalue weighted by Crippen LogP contribution is -2.57. The molecule has 11 nitrogen and oxygen atoms in total. The number of hydrogen-bond acceptors (Lipinski definition) is 7. The molecule has 0 aliphatic rings. The third-order valence-corrected chi connectivity index (χ3v) is 4.43. The Morgan fingerprint density at radius 3 is 2.27 bits per heavy atom. The highest BCUT2D eigenvalue weighted by Gasteiger charge is 2.29. The fourth-order valence-electron chi connectivity index (χ4n) is 2.65. The number of amides is 2. The van der Waals surface area contributed by atoms with Crippen molar-refractivity contribution in [3.05, 3.63) is 48.0 Å². The number of carbonyl (C=O) groups excluding carboxylic acids is 2. The highest BCUT2D eigenvalue weighted by molar-refractivity contribution is 5.92. The van der Waals surface area contributed by atoms with E-state index in [0.717, 1.165) is 0 Å². The highest BCUT2D eigenvalue weighted by atomic mass is 16.4. The fourth-order valence-corrected chi connectivity index (χ4v) is 2.65. The number of nitrogens with two attached hydrogens (primary N) is 1. The van der Waals surface area contributed by atoms with Crippen LogP contribution in [0.1, 0.15) is 18.2 Å². The van der Waals surface area contributed by atoms with Crippen LogP contribution in [0.3, 0.4) is 0 Å². The predicted octanol–water partition coefficient (Wildman–Crippen LogP) is -1.34. The van der Waals surface area contributed by atoms with E-state index in [4.69, 9.17) is 5.73 Å². The summed E-state index contributed by atoms with van der Waals surface area (Å²) < 4.78 is 0. The molecule has 0 bridgehead atoms. The molecule has 4 unspecified atom stereocenters. The number of carboxylic acid groups (broad SMARTS) is 1. The topological polar surface area (TPSA) is 191 Å². The lowest BCUT2D eigenvalue weighted by molar-refractivity contribution is -0.142. The molecule has 30 heavy (non-hydrogen) atoms. The van der Waals surface area contributed by atoms with E-state index in [2.05, 4.69) is 20.6 Å².